The smallest absolute Gasteiger partial charge is 0.243 e. The fourth-order valence-corrected chi connectivity index (χ4v) is 3.56. The lowest BCUT2D eigenvalue weighted by Crippen LogP contribution is -2.46. The molecule has 20 heavy (non-hydrogen) atoms. The molecule has 1 aromatic rings. The van der Waals surface area contributed by atoms with E-state index in [9.17, 15) is 8.42 Å². The van der Waals surface area contributed by atoms with E-state index in [0.717, 1.165) is 13.1 Å². The number of sulfonamides is 1. The summed E-state index contributed by atoms with van der Waals surface area (Å²) in [4.78, 5) is 2.46. The van der Waals surface area contributed by atoms with E-state index >= 15 is 0 Å². The molecule has 2 rings (SSSR count). The van der Waals surface area contributed by atoms with Crippen molar-refractivity contribution >= 4 is 10.0 Å². The first-order chi connectivity index (χ1) is 9.39. The van der Waals surface area contributed by atoms with Gasteiger partial charge in [-0.25, -0.2) is 8.42 Å². The molecule has 6 heteroatoms. The first-order valence-electron chi connectivity index (χ1n) is 6.85. The third-order valence-electron chi connectivity index (χ3n) is 3.30. The molecule has 0 bridgehead atoms. The SMILES string of the molecule is CC(C)Oc1ccc(S(=O)(=O)N2CCN(C)CC2)cc1. The van der Waals surface area contributed by atoms with Gasteiger partial charge in [-0.2, -0.15) is 4.31 Å². The minimum Gasteiger partial charge on any atom is -0.491 e. The Morgan fingerprint density at radius 3 is 2.10 bits per heavy atom. The van der Waals surface area contributed by atoms with Crippen molar-refractivity contribution in [3.63, 3.8) is 0 Å². The lowest BCUT2D eigenvalue weighted by atomic mass is 10.3. The van der Waals surface area contributed by atoms with E-state index < -0.39 is 10.0 Å². The molecule has 112 valence electrons. The average Bonchev–Trinajstić information content (AvgIpc) is 2.39. The van der Waals surface area contributed by atoms with Crippen LogP contribution in [0, 0.1) is 0 Å². The van der Waals surface area contributed by atoms with Crippen molar-refractivity contribution in [2.45, 2.75) is 24.8 Å². The predicted molar refractivity (Wildman–Crippen MR) is 78.5 cm³/mol. The first kappa shape index (κ1) is 15.3. The first-order valence-corrected chi connectivity index (χ1v) is 8.29. The maximum absolute atomic E-state index is 12.5. The topological polar surface area (TPSA) is 49.9 Å². The van der Waals surface area contributed by atoms with Crippen LogP contribution in [0.25, 0.3) is 0 Å². The fourth-order valence-electron chi connectivity index (χ4n) is 2.14. The van der Waals surface area contributed by atoms with Gasteiger partial charge in [0.1, 0.15) is 5.75 Å². The number of nitrogens with zero attached hydrogens (tertiary/aromatic N) is 2. The number of piperazine rings is 1. The summed E-state index contributed by atoms with van der Waals surface area (Å²) in [5.41, 5.74) is 0. The van der Waals surface area contributed by atoms with Gasteiger partial charge in [0.2, 0.25) is 10.0 Å². The second kappa shape index (κ2) is 6.11. The zero-order valence-corrected chi connectivity index (χ0v) is 13.1. The zero-order chi connectivity index (χ0) is 14.8. The molecule has 5 nitrogen and oxygen atoms in total. The van der Waals surface area contributed by atoms with E-state index in [-0.39, 0.29) is 6.10 Å². The van der Waals surface area contributed by atoms with Crippen LogP contribution in [-0.4, -0.2) is 57.0 Å². The summed E-state index contributed by atoms with van der Waals surface area (Å²) in [5, 5.41) is 0. The van der Waals surface area contributed by atoms with Crippen LogP contribution in [-0.2, 0) is 10.0 Å². The molecule has 1 aliphatic heterocycles. The predicted octanol–water partition coefficient (Wildman–Crippen LogP) is 1.41. The van der Waals surface area contributed by atoms with Gasteiger partial charge in [-0.05, 0) is 45.2 Å². The Morgan fingerprint density at radius 2 is 1.60 bits per heavy atom. The molecular formula is C14H22N2O3S. The monoisotopic (exact) mass is 298 g/mol. The van der Waals surface area contributed by atoms with Crippen LogP contribution in [0.4, 0.5) is 0 Å². The number of benzene rings is 1. The molecule has 0 N–H and O–H groups in total. The number of hydrogen-bond donors (Lipinski definition) is 0. The van der Waals surface area contributed by atoms with Crippen molar-refractivity contribution in [3.05, 3.63) is 24.3 Å². The Balaban J connectivity index is 2.13. The van der Waals surface area contributed by atoms with E-state index in [1.54, 1.807) is 28.6 Å². The summed E-state index contributed by atoms with van der Waals surface area (Å²) < 4.78 is 32.1. The highest BCUT2D eigenvalue weighted by atomic mass is 32.2. The van der Waals surface area contributed by atoms with Crippen molar-refractivity contribution in [1.29, 1.82) is 0 Å². The lowest BCUT2D eigenvalue weighted by molar-refractivity contribution is 0.222. The molecular weight excluding hydrogens is 276 g/mol. The molecule has 0 radical (unpaired) electrons. The fraction of sp³-hybridized carbons (Fsp3) is 0.571. The van der Waals surface area contributed by atoms with Crippen LogP contribution in [0.5, 0.6) is 5.75 Å². The summed E-state index contributed by atoms with van der Waals surface area (Å²) >= 11 is 0. The van der Waals surface area contributed by atoms with E-state index in [0.29, 0.717) is 23.7 Å². The van der Waals surface area contributed by atoms with Gasteiger partial charge in [0.05, 0.1) is 11.0 Å². The molecule has 1 saturated heterocycles. The standard InChI is InChI=1S/C14H22N2O3S/c1-12(2)19-13-4-6-14(7-5-13)20(17,18)16-10-8-15(3)9-11-16/h4-7,12H,8-11H2,1-3H3. The third-order valence-corrected chi connectivity index (χ3v) is 5.21. The highest BCUT2D eigenvalue weighted by Gasteiger charge is 2.27. The van der Waals surface area contributed by atoms with E-state index in [1.807, 2.05) is 20.9 Å². The van der Waals surface area contributed by atoms with Gasteiger partial charge in [-0.15, -0.1) is 0 Å². The molecule has 0 amide bonds. The van der Waals surface area contributed by atoms with Crippen LogP contribution < -0.4 is 4.74 Å². The summed E-state index contributed by atoms with van der Waals surface area (Å²) in [5.74, 6) is 0.692. The second-order valence-corrected chi connectivity index (χ2v) is 7.28. The Bertz CT molecular complexity index is 532. The van der Waals surface area contributed by atoms with E-state index in [4.69, 9.17) is 4.74 Å². The lowest BCUT2D eigenvalue weighted by Gasteiger charge is -2.31. The van der Waals surface area contributed by atoms with Crippen LogP contribution in [0.2, 0.25) is 0 Å². The van der Waals surface area contributed by atoms with E-state index in [2.05, 4.69) is 4.90 Å². The van der Waals surface area contributed by atoms with Gasteiger partial charge < -0.3 is 9.64 Å². The van der Waals surface area contributed by atoms with Gasteiger partial charge in [0.25, 0.3) is 0 Å². The van der Waals surface area contributed by atoms with Gasteiger partial charge >= 0.3 is 0 Å². The molecule has 1 aliphatic rings. The maximum atomic E-state index is 12.5. The Labute approximate surface area is 121 Å². The van der Waals surface area contributed by atoms with Crippen molar-refractivity contribution in [2.24, 2.45) is 0 Å². The minimum absolute atomic E-state index is 0.0788. The Kier molecular flexibility index (Phi) is 4.67. The quantitative estimate of drug-likeness (QED) is 0.843. The molecule has 0 aromatic heterocycles. The summed E-state index contributed by atoms with van der Waals surface area (Å²) in [6.07, 6.45) is 0.0788. The van der Waals surface area contributed by atoms with Crippen molar-refractivity contribution in [1.82, 2.24) is 9.21 Å². The molecule has 0 atom stereocenters. The van der Waals surface area contributed by atoms with Crippen LogP contribution in [0.1, 0.15) is 13.8 Å². The molecule has 0 saturated carbocycles. The van der Waals surface area contributed by atoms with Crippen molar-refractivity contribution in [3.8, 4) is 5.75 Å². The number of ether oxygens (including phenoxy) is 1. The zero-order valence-electron chi connectivity index (χ0n) is 12.2. The Hall–Kier alpha value is -1.11. The highest BCUT2D eigenvalue weighted by Crippen LogP contribution is 2.21. The summed E-state index contributed by atoms with van der Waals surface area (Å²) in [6, 6.07) is 6.66. The number of likely N-dealkylation sites (N-methyl/N-ethyl adjacent to an activating group) is 1. The van der Waals surface area contributed by atoms with Gasteiger partial charge in [-0.3, -0.25) is 0 Å². The van der Waals surface area contributed by atoms with Crippen LogP contribution in [0.15, 0.2) is 29.2 Å². The number of rotatable bonds is 4. The van der Waals surface area contributed by atoms with E-state index in [1.165, 1.54) is 0 Å². The maximum Gasteiger partial charge on any atom is 0.243 e. The van der Waals surface area contributed by atoms with Crippen LogP contribution >= 0.6 is 0 Å². The third kappa shape index (κ3) is 3.50. The Morgan fingerprint density at radius 1 is 1.05 bits per heavy atom. The molecule has 1 heterocycles. The molecule has 0 aliphatic carbocycles. The van der Waals surface area contributed by atoms with Crippen molar-refractivity contribution in [2.75, 3.05) is 33.2 Å². The summed E-state index contributed by atoms with van der Waals surface area (Å²) in [7, 11) is -1.38. The van der Waals surface area contributed by atoms with Gasteiger partial charge in [0, 0.05) is 26.2 Å². The second-order valence-electron chi connectivity index (χ2n) is 5.35. The number of hydrogen-bond acceptors (Lipinski definition) is 4. The largest absolute Gasteiger partial charge is 0.491 e. The minimum atomic E-state index is -3.38. The summed E-state index contributed by atoms with van der Waals surface area (Å²) in [6.45, 7) is 6.51. The van der Waals surface area contributed by atoms with Gasteiger partial charge in [-0.1, -0.05) is 0 Å². The van der Waals surface area contributed by atoms with Crippen LogP contribution in [0.3, 0.4) is 0 Å². The molecule has 0 spiro atoms. The normalized spacial score (nSPS) is 18.4. The molecule has 0 unspecified atom stereocenters. The molecule has 1 aromatic carbocycles. The highest BCUT2D eigenvalue weighted by molar-refractivity contribution is 7.89. The molecule has 1 fully saturated rings. The van der Waals surface area contributed by atoms with Gasteiger partial charge in [0.15, 0.2) is 0 Å². The van der Waals surface area contributed by atoms with Crippen molar-refractivity contribution < 1.29 is 13.2 Å². The average molecular weight is 298 g/mol.